The fraction of sp³-hybridized carbons (Fsp3) is 0.385. The third-order valence-electron chi connectivity index (χ3n) is 6.50. The van der Waals surface area contributed by atoms with Gasteiger partial charge in [-0.3, -0.25) is 4.99 Å². The Balaban J connectivity index is 1.75. The Hall–Kier alpha value is -3.30. The Morgan fingerprint density at radius 1 is 1.25 bits per heavy atom. The van der Waals surface area contributed by atoms with Crippen LogP contribution in [0.5, 0.6) is 11.5 Å². The Bertz CT molecular complexity index is 1060. The summed E-state index contributed by atoms with van der Waals surface area (Å²) in [5.74, 6) is 1.44. The summed E-state index contributed by atoms with van der Waals surface area (Å²) in [5.41, 5.74) is 10.8. The molecule has 0 saturated carbocycles. The van der Waals surface area contributed by atoms with Crippen molar-refractivity contribution in [1.29, 1.82) is 5.26 Å². The predicted octanol–water partition coefficient (Wildman–Crippen LogP) is 4.24. The zero-order valence-corrected chi connectivity index (χ0v) is 18.8. The Morgan fingerprint density at radius 2 is 2.06 bits per heavy atom. The maximum Gasteiger partial charge on any atom is 0.140 e. The van der Waals surface area contributed by atoms with Crippen LogP contribution in [0.25, 0.3) is 5.57 Å². The molecule has 0 bridgehead atoms. The zero-order valence-electron chi connectivity index (χ0n) is 18.8. The number of nitrogens with one attached hydrogen (secondary N) is 1. The van der Waals surface area contributed by atoms with E-state index in [-0.39, 0.29) is 0 Å². The van der Waals surface area contributed by atoms with Crippen LogP contribution in [-0.4, -0.2) is 38.4 Å². The van der Waals surface area contributed by atoms with Gasteiger partial charge in [0.15, 0.2) is 0 Å². The fourth-order valence-electron chi connectivity index (χ4n) is 4.41. The summed E-state index contributed by atoms with van der Waals surface area (Å²) in [7, 11) is 2.13. The number of allylic oxidation sites excluding steroid dienone is 1. The van der Waals surface area contributed by atoms with Gasteiger partial charge in [-0.05, 0) is 76.0 Å². The van der Waals surface area contributed by atoms with E-state index in [1.54, 1.807) is 18.3 Å². The molecule has 6 heteroatoms. The van der Waals surface area contributed by atoms with Gasteiger partial charge in [0.2, 0.25) is 0 Å². The average Bonchev–Trinajstić information content (AvgIpc) is 2.83. The first kappa shape index (κ1) is 21.9. The molecule has 2 aromatic carbocycles. The molecular formula is C26H31N5O. The molecule has 32 heavy (non-hydrogen) atoms. The predicted molar refractivity (Wildman–Crippen MR) is 130 cm³/mol. The van der Waals surface area contributed by atoms with Crippen molar-refractivity contribution in [3.05, 3.63) is 59.3 Å². The smallest absolute Gasteiger partial charge is 0.140 e. The molecule has 3 N–H and O–H groups in total. The largest absolute Gasteiger partial charge is 0.456 e. The quantitative estimate of drug-likeness (QED) is 0.694. The van der Waals surface area contributed by atoms with Gasteiger partial charge in [0.1, 0.15) is 11.5 Å². The van der Waals surface area contributed by atoms with Gasteiger partial charge in [-0.1, -0.05) is 6.07 Å². The van der Waals surface area contributed by atoms with Crippen molar-refractivity contribution in [3.63, 3.8) is 0 Å². The van der Waals surface area contributed by atoms with Crippen molar-refractivity contribution in [2.45, 2.75) is 44.7 Å². The lowest BCUT2D eigenvalue weighted by atomic mass is 9.92. The first-order valence-corrected chi connectivity index (χ1v) is 11.3. The molecule has 2 aliphatic heterocycles. The van der Waals surface area contributed by atoms with E-state index in [4.69, 9.17) is 15.5 Å². The van der Waals surface area contributed by atoms with Crippen molar-refractivity contribution in [2.24, 2.45) is 10.7 Å². The van der Waals surface area contributed by atoms with Crippen molar-refractivity contribution < 1.29 is 4.74 Å². The van der Waals surface area contributed by atoms with Crippen molar-refractivity contribution >= 4 is 17.5 Å². The summed E-state index contributed by atoms with van der Waals surface area (Å²) >= 11 is 0. The van der Waals surface area contributed by atoms with Crippen LogP contribution in [0.3, 0.4) is 0 Å². The van der Waals surface area contributed by atoms with Crippen LogP contribution in [0.1, 0.15) is 42.9 Å². The second-order valence-electron chi connectivity index (χ2n) is 8.56. The van der Waals surface area contributed by atoms with Crippen LogP contribution >= 0.6 is 0 Å². The topological polar surface area (TPSA) is 86.7 Å². The van der Waals surface area contributed by atoms with Gasteiger partial charge in [-0.2, -0.15) is 5.26 Å². The molecule has 0 aliphatic carbocycles. The fourth-order valence-corrected chi connectivity index (χ4v) is 4.41. The number of anilines is 1. The molecule has 0 amide bonds. The second kappa shape index (κ2) is 9.88. The lowest BCUT2D eigenvalue weighted by Crippen LogP contribution is -2.33. The van der Waals surface area contributed by atoms with Crippen LogP contribution in [0.2, 0.25) is 0 Å². The number of ether oxygens (including phenoxy) is 1. The minimum atomic E-state index is 0.312. The zero-order chi connectivity index (χ0) is 22.5. The standard InChI is InChI=1S/C26H31N5O/c1-18-6-7-24-25(31(18)2)9-8-23(20(16-28)17-30-21-10-12-29-13-11-21)26(24)32-22-5-3-4-19(14-22)15-27/h3-5,8-9,14,16-18,21,29H,6-7,10-13,28H2,1-2H3. The molecule has 6 nitrogen and oxygen atoms in total. The van der Waals surface area contributed by atoms with E-state index in [9.17, 15) is 5.26 Å². The number of aliphatic imine (C=N–C) groups is 1. The molecule has 2 aliphatic rings. The third kappa shape index (κ3) is 4.63. The van der Waals surface area contributed by atoms with Gasteiger partial charge in [0.05, 0.1) is 17.7 Å². The molecule has 0 spiro atoms. The summed E-state index contributed by atoms with van der Waals surface area (Å²) in [6.45, 7) is 4.23. The number of nitriles is 1. The minimum absolute atomic E-state index is 0.312. The number of hydrogen-bond donors (Lipinski definition) is 2. The monoisotopic (exact) mass is 429 g/mol. The second-order valence-corrected chi connectivity index (χ2v) is 8.56. The lowest BCUT2D eigenvalue weighted by Gasteiger charge is -2.35. The maximum atomic E-state index is 9.30. The van der Waals surface area contributed by atoms with Gasteiger partial charge >= 0.3 is 0 Å². The molecule has 2 heterocycles. The van der Waals surface area contributed by atoms with Gasteiger partial charge in [-0.15, -0.1) is 0 Å². The normalized spacial score (nSPS) is 19.6. The average molecular weight is 430 g/mol. The number of hydrogen-bond acceptors (Lipinski definition) is 6. The van der Waals surface area contributed by atoms with Gasteiger partial charge < -0.3 is 20.7 Å². The Kier molecular flexibility index (Phi) is 6.77. The van der Waals surface area contributed by atoms with E-state index in [1.165, 1.54) is 11.3 Å². The highest BCUT2D eigenvalue weighted by molar-refractivity contribution is 6.11. The van der Waals surface area contributed by atoms with Crippen LogP contribution in [0, 0.1) is 11.3 Å². The van der Waals surface area contributed by atoms with E-state index in [2.05, 4.69) is 42.4 Å². The molecule has 0 radical (unpaired) electrons. The molecule has 1 fully saturated rings. The molecule has 1 atom stereocenters. The number of piperidine rings is 1. The summed E-state index contributed by atoms with van der Waals surface area (Å²) in [5, 5.41) is 12.7. The van der Waals surface area contributed by atoms with E-state index < -0.39 is 0 Å². The van der Waals surface area contributed by atoms with E-state index in [0.29, 0.717) is 23.4 Å². The molecule has 1 saturated heterocycles. The molecule has 4 rings (SSSR count). The maximum absolute atomic E-state index is 9.30. The SMILES string of the molecule is CC1CCc2c(ccc(C(C=NC3CCNCC3)=CN)c2Oc2cccc(C#N)c2)N1C. The first-order chi connectivity index (χ1) is 15.6. The highest BCUT2D eigenvalue weighted by Gasteiger charge is 2.26. The van der Waals surface area contributed by atoms with E-state index in [0.717, 1.165) is 55.7 Å². The van der Waals surface area contributed by atoms with Crippen LogP contribution in [-0.2, 0) is 6.42 Å². The number of rotatable bonds is 5. The van der Waals surface area contributed by atoms with Gasteiger partial charge in [-0.25, -0.2) is 0 Å². The molecule has 2 aromatic rings. The van der Waals surface area contributed by atoms with Crippen molar-refractivity contribution in [1.82, 2.24) is 5.32 Å². The van der Waals surface area contributed by atoms with E-state index >= 15 is 0 Å². The van der Waals surface area contributed by atoms with Gasteiger partial charge in [0.25, 0.3) is 0 Å². The van der Waals surface area contributed by atoms with Crippen molar-refractivity contribution in [2.75, 3.05) is 25.0 Å². The van der Waals surface area contributed by atoms with Gasteiger partial charge in [0, 0.05) is 47.9 Å². The minimum Gasteiger partial charge on any atom is -0.456 e. The number of fused-ring (bicyclic) bond motifs is 1. The van der Waals surface area contributed by atoms with Crippen molar-refractivity contribution in [3.8, 4) is 17.6 Å². The number of nitrogens with two attached hydrogens (primary N) is 1. The first-order valence-electron chi connectivity index (χ1n) is 11.3. The highest BCUT2D eigenvalue weighted by Crippen LogP contribution is 2.42. The number of nitrogens with zero attached hydrogens (tertiary/aromatic N) is 3. The molecule has 0 aromatic heterocycles. The van der Waals surface area contributed by atoms with Crippen LogP contribution in [0.15, 0.2) is 47.6 Å². The summed E-state index contributed by atoms with van der Waals surface area (Å²) < 4.78 is 6.46. The molecule has 166 valence electrons. The summed E-state index contributed by atoms with van der Waals surface area (Å²) in [4.78, 5) is 7.12. The Morgan fingerprint density at radius 3 is 2.81 bits per heavy atom. The van der Waals surface area contributed by atoms with E-state index in [1.807, 2.05) is 18.3 Å². The Labute approximate surface area is 190 Å². The summed E-state index contributed by atoms with van der Waals surface area (Å²) in [6.07, 6.45) is 7.54. The van der Waals surface area contributed by atoms with Crippen LogP contribution < -0.4 is 20.7 Å². The highest BCUT2D eigenvalue weighted by atomic mass is 16.5. The summed E-state index contributed by atoms with van der Waals surface area (Å²) in [6, 6.07) is 14.5. The molecular weight excluding hydrogens is 398 g/mol. The van der Waals surface area contributed by atoms with Crippen LogP contribution in [0.4, 0.5) is 5.69 Å². The molecule has 1 unspecified atom stereocenters. The number of benzene rings is 2. The third-order valence-corrected chi connectivity index (χ3v) is 6.50. The lowest BCUT2D eigenvalue weighted by molar-refractivity contribution is 0.461.